The van der Waals surface area contributed by atoms with E-state index in [4.69, 9.17) is 4.74 Å². The summed E-state index contributed by atoms with van der Waals surface area (Å²) in [6, 6.07) is 24.7. The van der Waals surface area contributed by atoms with Crippen LogP contribution in [-0.2, 0) is 20.7 Å². The van der Waals surface area contributed by atoms with E-state index in [1.54, 1.807) is 29.7 Å². The molecule has 1 atom stereocenters. The lowest BCUT2D eigenvalue weighted by Gasteiger charge is -2.20. The van der Waals surface area contributed by atoms with Gasteiger partial charge in [0.15, 0.2) is 0 Å². The number of carbonyl (C=O) groups is 3. The van der Waals surface area contributed by atoms with E-state index in [2.05, 4.69) is 40.2 Å². The summed E-state index contributed by atoms with van der Waals surface area (Å²) < 4.78 is 6.68. The fourth-order valence-electron chi connectivity index (χ4n) is 4.73. The first-order chi connectivity index (χ1) is 20.0. The summed E-state index contributed by atoms with van der Waals surface area (Å²) in [5, 5.41) is 8.11. The molecule has 214 valence electrons. The summed E-state index contributed by atoms with van der Waals surface area (Å²) >= 11 is 3.29. The van der Waals surface area contributed by atoms with Crippen molar-refractivity contribution >= 4 is 41.4 Å². The number of nitrogens with one attached hydrogen (secondary N) is 3. The van der Waals surface area contributed by atoms with Gasteiger partial charge in [-0.3, -0.25) is 9.59 Å². The molecular formula is C32H35N3O4S2. The molecule has 0 saturated heterocycles. The average Bonchev–Trinajstić information content (AvgIpc) is 3.31. The number of ether oxygens (including phenoxy) is 1. The Bertz CT molecular complexity index is 1330. The zero-order valence-corrected chi connectivity index (χ0v) is 24.9. The van der Waals surface area contributed by atoms with Crippen LogP contribution in [0.1, 0.15) is 36.5 Å². The highest BCUT2D eigenvalue weighted by Gasteiger charge is 2.30. The molecule has 4 rings (SSSR count). The van der Waals surface area contributed by atoms with Crippen molar-refractivity contribution in [3.05, 3.63) is 106 Å². The first-order valence-electron chi connectivity index (χ1n) is 13.7. The molecule has 3 aromatic rings. The molecule has 0 fully saturated rings. The molecule has 0 aliphatic heterocycles. The van der Waals surface area contributed by atoms with Crippen LogP contribution in [0.4, 0.5) is 4.79 Å². The van der Waals surface area contributed by atoms with Gasteiger partial charge >= 0.3 is 6.09 Å². The zero-order chi connectivity index (χ0) is 29.0. The summed E-state index contributed by atoms with van der Waals surface area (Å²) in [5.41, 5.74) is 5.37. The van der Waals surface area contributed by atoms with Crippen molar-refractivity contribution in [1.82, 2.24) is 16.0 Å². The standard InChI is InChI=1S/C32H35N3O4S2/c1-3-40-30(41-4-2)20-33-29(36)19-34-31(37)28(18-22-12-6-5-7-13-22)35-32(38)39-21-27-25-16-10-8-14-23(25)24-15-9-11-17-26(24)27/h5-17,20,27-28H,3-4,18-19,21H2,1-2H3,(H,33,36)(H,34,37)(H,35,38)/t28-/m0/s1. The molecule has 0 bridgehead atoms. The van der Waals surface area contributed by atoms with E-state index in [0.717, 1.165) is 43.6 Å². The number of alkyl carbamates (subject to hydrolysis) is 1. The van der Waals surface area contributed by atoms with E-state index >= 15 is 0 Å². The molecule has 0 aromatic heterocycles. The van der Waals surface area contributed by atoms with Gasteiger partial charge in [0.2, 0.25) is 11.8 Å². The van der Waals surface area contributed by atoms with Crippen molar-refractivity contribution in [2.75, 3.05) is 24.7 Å². The predicted octanol–water partition coefficient (Wildman–Crippen LogP) is 5.67. The Morgan fingerprint density at radius 3 is 2.05 bits per heavy atom. The molecule has 3 N–H and O–H groups in total. The maximum Gasteiger partial charge on any atom is 0.407 e. The normalized spacial score (nSPS) is 12.4. The summed E-state index contributed by atoms with van der Waals surface area (Å²) in [6.07, 6.45) is 1.24. The molecule has 7 nitrogen and oxygen atoms in total. The molecule has 1 aliphatic rings. The number of benzene rings is 3. The SMILES string of the molecule is CCSC(=CNC(=O)CNC(=O)[C@H](Cc1ccccc1)NC(=O)OCC1c2ccccc2-c2ccccc21)SCC. The quantitative estimate of drug-likeness (QED) is 0.238. The second-order valence-corrected chi connectivity index (χ2v) is 12.2. The minimum absolute atomic E-state index is 0.0899. The number of hydrogen-bond donors (Lipinski definition) is 3. The third kappa shape index (κ3) is 8.41. The van der Waals surface area contributed by atoms with E-state index in [1.807, 2.05) is 68.4 Å². The third-order valence-electron chi connectivity index (χ3n) is 6.58. The van der Waals surface area contributed by atoms with Crippen molar-refractivity contribution in [3.63, 3.8) is 0 Å². The Morgan fingerprint density at radius 2 is 1.44 bits per heavy atom. The topological polar surface area (TPSA) is 96.5 Å². The van der Waals surface area contributed by atoms with Crippen LogP contribution in [0.25, 0.3) is 11.1 Å². The Balaban J connectivity index is 1.37. The van der Waals surface area contributed by atoms with E-state index in [1.165, 1.54) is 0 Å². The van der Waals surface area contributed by atoms with E-state index in [0.29, 0.717) is 0 Å². The van der Waals surface area contributed by atoms with Crippen molar-refractivity contribution in [3.8, 4) is 11.1 Å². The van der Waals surface area contributed by atoms with Crippen LogP contribution >= 0.6 is 23.5 Å². The van der Waals surface area contributed by atoms with Gasteiger partial charge in [-0.15, -0.1) is 23.5 Å². The zero-order valence-electron chi connectivity index (χ0n) is 23.2. The van der Waals surface area contributed by atoms with Crippen LogP contribution in [0, 0.1) is 0 Å². The third-order valence-corrected chi connectivity index (χ3v) is 8.67. The summed E-state index contributed by atoms with van der Waals surface area (Å²) in [5.74, 6) is 0.895. The molecule has 41 heavy (non-hydrogen) atoms. The lowest BCUT2D eigenvalue weighted by molar-refractivity contribution is -0.126. The second-order valence-electron chi connectivity index (χ2n) is 9.33. The Kier molecular flexibility index (Phi) is 11.3. The highest BCUT2D eigenvalue weighted by molar-refractivity contribution is 8.22. The van der Waals surface area contributed by atoms with Gasteiger partial charge in [-0.05, 0) is 39.3 Å². The number of amides is 3. The Hall–Kier alpha value is -3.69. The van der Waals surface area contributed by atoms with Crippen molar-refractivity contribution in [2.45, 2.75) is 32.2 Å². The van der Waals surface area contributed by atoms with Crippen LogP contribution in [0.3, 0.4) is 0 Å². The van der Waals surface area contributed by atoms with E-state index < -0.39 is 18.0 Å². The predicted molar refractivity (Wildman–Crippen MR) is 168 cm³/mol. The van der Waals surface area contributed by atoms with Gasteiger partial charge in [-0.1, -0.05) is 92.7 Å². The second kappa shape index (κ2) is 15.3. The molecule has 0 spiro atoms. The van der Waals surface area contributed by atoms with Gasteiger partial charge in [0.25, 0.3) is 0 Å². The first kappa shape index (κ1) is 30.3. The molecule has 0 radical (unpaired) electrons. The molecule has 0 unspecified atom stereocenters. The molecule has 9 heteroatoms. The minimum atomic E-state index is -0.918. The summed E-state index contributed by atoms with van der Waals surface area (Å²) in [4.78, 5) is 38.5. The number of fused-ring (bicyclic) bond motifs is 3. The van der Waals surface area contributed by atoms with Crippen LogP contribution in [-0.4, -0.2) is 48.6 Å². The van der Waals surface area contributed by atoms with E-state index in [-0.39, 0.29) is 31.4 Å². The highest BCUT2D eigenvalue weighted by atomic mass is 32.2. The number of thioether (sulfide) groups is 2. The smallest absolute Gasteiger partial charge is 0.407 e. The maximum absolute atomic E-state index is 13.1. The van der Waals surface area contributed by atoms with Gasteiger partial charge in [-0.2, -0.15) is 0 Å². The van der Waals surface area contributed by atoms with Crippen LogP contribution < -0.4 is 16.0 Å². The number of hydrogen-bond acceptors (Lipinski definition) is 6. The summed E-state index contributed by atoms with van der Waals surface area (Å²) in [7, 11) is 0. The average molecular weight is 590 g/mol. The van der Waals surface area contributed by atoms with E-state index in [9.17, 15) is 14.4 Å². The highest BCUT2D eigenvalue weighted by Crippen LogP contribution is 2.44. The van der Waals surface area contributed by atoms with Gasteiger partial charge in [-0.25, -0.2) is 4.79 Å². The molecule has 1 aliphatic carbocycles. The van der Waals surface area contributed by atoms with Gasteiger partial charge < -0.3 is 20.7 Å². The fourth-order valence-corrected chi connectivity index (χ4v) is 6.63. The number of carbonyl (C=O) groups excluding carboxylic acids is 3. The lowest BCUT2D eigenvalue weighted by atomic mass is 9.98. The van der Waals surface area contributed by atoms with Crippen LogP contribution in [0.2, 0.25) is 0 Å². The molecule has 3 aromatic carbocycles. The van der Waals surface area contributed by atoms with Crippen LogP contribution in [0.15, 0.2) is 89.3 Å². The molecular weight excluding hydrogens is 555 g/mol. The Labute approximate surface area is 249 Å². The van der Waals surface area contributed by atoms with Crippen molar-refractivity contribution in [1.29, 1.82) is 0 Å². The molecule has 0 heterocycles. The van der Waals surface area contributed by atoms with Gasteiger partial charge in [0.1, 0.15) is 12.6 Å². The van der Waals surface area contributed by atoms with Crippen molar-refractivity contribution < 1.29 is 19.1 Å². The maximum atomic E-state index is 13.1. The largest absolute Gasteiger partial charge is 0.449 e. The summed E-state index contributed by atoms with van der Waals surface area (Å²) in [6.45, 7) is 4.02. The van der Waals surface area contributed by atoms with Crippen LogP contribution in [0.5, 0.6) is 0 Å². The monoisotopic (exact) mass is 589 g/mol. The lowest BCUT2D eigenvalue weighted by Crippen LogP contribution is -2.50. The molecule has 0 saturated carbocycles. The first-order valence-corrected chi connectivity index (χ1v) is 15.7. The fraction of sp³-hybridized carbons (Fsp3) is 0.281. The van der Waals surface area contributed by atoms with Gasteiger partial charge in [0, 0.05) is 18.5 Å². The molecule has 3 amide bonds. The minimum Gasteiger partial charge on any atom is -0.449 e. The van der Waals surface area contributed by atoms with Gasteiger partial charge in [0.05, 0.1) is 10.8 Å². The van der Waals surface area contributed by atoms with Crippen molar-refractivity contribution in [2.24, 2.45) is 0 Å². The number of rotatable bonds is 13. The Morgan fingerprint density at radius 1 is 0.854 bits per heavy atom.